The number of hydrogen-bond donors (Lipinski definition) is 0. The number of hydrogen-bond acceptors (Lipinski definition) is 3. The van der Waals surface area contributed by atoms with E-state index in [9.17, 15) is 0 Å². The summed E-state index contributed by atoms with van der Waals surface area (Å²) in [4.78, 5) is 8.67. The van der Waals surface area contributed by atoms with Crippen LogP contribution in [-0.2, 0) is 0 Å². The van der Waals surface area contributed by atoms with Crippen LogP contribution in [0.3, 0.4) is 0 Å². The van der Waals surface area contributed by atoms with Crippen LogP contribution in [-0.4, -0.2) is 9.97 Å². The molecule has 0 fully saturated rings. The van der Waals surface area contributed by atoms with Gasteiger partial charge >= 0.3 is 6.01 Å². The van der Waals surface area contributed by atoms with Gasteiger partial charge in [-0.2, -0.15) is 4.98 Å². The van der Waals surface area contributed by atoms with Crippen LogP contribution in [0, 0.1) is 13.8 Å². The van der Waals surface area contributed by atoms with Gasteiger partial charge in [0.2, 0.25) is 0 Å². The van der Waals surface area contributed by atoms with Crippen LogP contribution in [0.25, 0.3) is 11.3 Å². The highest BCUT2D eigenvalue weighted by Gasteiger charge is 2.06. The van der Waals surface area contributed by atoms with E-state index in [0.29, 0.717) is 6.01 Å². The molecule has 0 unspecified atom stereocenters. The first kappa shape index (κ1) is 13.3. The molecule has 1 aromatic heterocycles. The Hall–Kier alpha value is -2.68. The molecule has 0 radical (unpaired) electrons. The Labute approximate surface area is 124 Å². The lowest BCUT2D eigenvalue weighted by Crippen LogP contribution is -1.95. The highest BCUT2D eigenvalue weighted by molar-refractivity contribution is 5.58. The standard InChI is InChI=1S/C18H16N2O/c1-13-8-9-14(2)17(12-13)21-18-19-11-10-16(20-18)15-6-4-3-5-7-15/h3-12H,1-2H3. The van der Waals surface area contributed by atoms with Crippen LogP contribution in [0.4, 0.5) is 0 Å². The number of aryl methyl sites for hydroxylation is 2. The van der Waals surface area contributed by atoms with Crippen molar-refractivity contribution in [1.82, 2.24) is 9.97 Å². The lowest BCUT2D eigenvalue weighted by atomic mass is 10.1. The molecule has 0 N–H and O–H groups in total. The number of benzene rings is 2. The predicted molar refractivity (Wildman–Crippen MR) is 83.5 cm³/mol. The van der Waals surface area contributed by atoms with Crippen molar-refractivity contribution in [1.29, 1.82) is 0 Å². The first-order valence-corrected chi connectivity index (χ1v) is 6.86. The number of rotatable bonds is 3. The molecule has 3 rings (SSSR count). The Kier molecular flexibility index (Phi) is 3.65. The Bertz CT molecular complexity index is 754. The van der Waals surface area contributed by atoms with Crippen molar-refractivity contribution in [2.45, 2.75) is 13.8 Å². The zero-order valence-electron chi connectivity index (χ0n) is 12.1. The van der Waals surface area contributed by atoms with Crippen LogP contribution in [0.1, 0.15) is 11.1 Å². The second-order valence-corrected chi connectivity index (χ2v) is 4.96. The van der Waals surface area contributed by atoms with Crippen LogP contribution >= 0.6 is 0 Å². The van der Waals surface area contributed by atoms with E-state index in [1.807, 2.05) is 62.4 Å². The molecule has 3 nitrogen and oxygen atoms in total. The van der Waals surface area contributed by atoms with Gasteiger partial charge in [0.1, 0.15) is 5.75 Å². The SMILES string of the molecule is Cc1ccc(C)c(Oc2nccc(-c3ccccc3)n2)c1. The Balaban J connectivity index is 1.92. The summed E-state index contributed by atoms with van der Waals surface area (Å²) in [5.74, 6) is 0.792. The molecular formula is C18H16N2O. The van der Waals surface area contributed by atoms with E-state index in [4.69, 9.17) is 4.74 Å². The van der Waals surface area contributed by atoms with Crippen molar-refractivity contribution < 1.29 is 4.74 Å². The molecule has 0 aliphatic heterocycles. The highest BCUT2D eigenvalue weighted by atomic mass is 16.5. The van der Waals surface area contributed by atoms with Gasteiger partial charge in [0.05, 0.1) is 5.69 Å². The summed E-state index contributed by atoms with van der Waals surface area (Å²) in [5.41, 5.74) is 4.11. The van der Waals surface area contributed by atoms with Crippen LogP contribution < -0.4 is 4.74 Å². The summed E-state index contributed by atoms with van der Waals surface area (Å²) in [6, 6.07) is 18.3. The Morgan fingerprint density at radius 3 is 2.52 bits per heavy atom. The zero-order chi connectivity index (χ0) is 14.7. The van der Waals surface area contributed by atoms with Gasteiger partial charge in [0.15, 0.2) is 0 Å². The molecule has 21 heavy (non-hydrogen) atoms. The monoisotopic (exact) mass is 276 g/mol. The average molecular weight is 276 g/mol. The largest absolute Gasteiger partial charge is 0.424 e. The topological polar surface area (TPSA) is 35.0 Å². The van der Waals surface area contributed by atoms with Gasteiger partial charge in [-0.15, -0.1) is 0 Å². The molecule has 0 spiro atoms. The number of aromatic nitrogens is 2. The minimum Gasteiger partial charge on any atom is -0.424 e. The molecule has 3 aromatic rings. The van der Waals surface area contributed by atoms with Gasteiger partial charge in [0.25, 0.3) is 0 Å². The maximum absolute atomic E-state index is 5.83. The van der Waals surface area contributed by atoms with E-state index in [2.05, 4.69) is 16.0 Å². The van der Waals surface area contributed by atoms with Gasteiger partial charge < -0.3 is 4.74 Å². The molecule has 0 aliphatic rings. The van der Waals surface area contributed by atoms with E-state index in [-0.39, 0.29) is 0 Å². The van der Waals surface area contributed by atoms with Crippen LogP contribution in [0.5, 0.6) is 11.8 Å². The van der Waals surface area contributed by atoms with Crippen molar-refractivity contribution in [3.05, 3.63) is 71.9 Å². The van der Waals surface area contributed by atoms with E-state index >= 15 is 0 Å². The second-order valence-electron chi connectivity index (χ2n) is 4.96. The Morgan fingerprint density at radius 2 is 1.71 bits per heavy atom. The third-order valence-electron chi connectivity index (χ3n) is 3.25. The van der Waals surface area contributed by atoms with Gasteiger partial charge in [-0.05, 0) is 37.1 Å². The third kappa shape index (κ3) is 3.08. The fourth-order valence-electron chi connectivity index (χ4n) is 2.08. The first-order chi connectivity index (χ1) is 10.2. The van der Waals surface area contributed by atoms with Crippen LogP contribution in [0.15, 0.2) is 60.8 Å². The van der Waals surface area contributed by atoms with E-state index in [1.54, 1.807) is 6.20 Å². The fraction of sp³-hybridized carbons (Fsp3) is 0.111. The summed E-state index contributed by atoms with van der Waals surface area (Å²) < 4.78 is 5.83. The average Bonchev–Trinajstić information content (AvgIpc) is 2.52. The quantitative estimate of drug-likeness (QED) is 0.703. The Morgan fingerprint density at radius 1 is 0.905 bits per heavy atom. The lowest BCUT2D eigenvalue weighted by Gasteiger charge is -2.08. The van der Waals surface area contributed by atoms with Gasteiger partial charge in [-0.3, -0.25) is 0 Å². The van der Waals surface area contributed by atoms with E-state index < -0.39 is 0 Å². The molecule has 0 amide bonds. The van der Waals surface area contributed by atoms with Crippen molar-refractivity contribution in [3.8, 4) is 23.0 Å². The first-order valence-electron chi connectivity index (χ1n) is 6.86. The molecule has 3 heteroatoms. The number of ether oxygens (including phenoxy) is 1. The summed E-state index contributed by atoms with van der Waals surface area (Å²) in [5, 5.41) is 0. The van der Waals surface area contributed by atoms with E-state index in [1.165, 1.54) is 0 Å². The molecule has 0 bridgehead atoms. The molecule has 104 valence electrons. The molecular weight excluding hydrogens is 260 g/mol. The summed E-state index contributed by atoms with van der Waals surface area (Å²) in [6.45, 7) is 4.05. The third-order valence-corrected chi connectivity index (χ3v) is 3.25. The van der Waals surface area contributed by atoms with Gasteiger partial charge in [-0.25, -0.2) is 4.98 Å². The lowest BCUT2D eigenvalue weighted by molar-refractivity contribution is 0.439. The molecule has 0 saturated carbocycles. The summed E-state index contributed by atoms with van der Waals surface area (Å²) in [7, 11) is 0. The predicted octanol–water partition coefficient (Wildman–Crippen LogP) is 4.55. The fourth-order valence-corrected chi connectivity index (χ4v) is 2.08. The van der Waals surface area contributed by atoms with Gasteiger partial charge in [-0.1, -0.05) is 42.5 Å². The second kappa shape index (κ2) is 5.75. The van der Waals surface area contributed by atoms with Crippen molar-refractivity contribution in [2.75, 3.05) is 0 Å². The summed E-state index contributed by atoms with van der Waals surface area (Å²) in [6.07, 6.45) is 1.72. The molecule has 0 atom stereocenters. The zero-order valence-corrected chi connectivity index (χ0v) is 12.1. The van der Waals surface area contributed by atoms with Crippen molar-refractivity contribution in [3.63, 3.8) is 0 Å². The van der Waals surface area contributed by atoms with Crippen LogP contribution in [0.2, 0.25) is 0 Å². The molecule has 0 aliphatic carbocycles. The highest BCUT2D eigenvalue weighted by Crippen LogP contribution is 2.25. The maximum atomic E-state index is 5.83. The van der Waals surface area contributed by atoms with Crippen molar-refractivity contribution in [2.24, 2.45) is 0 Å². The van der Waals surface area contributed by atoms with E-state index in [0.717, 1.165) is 28.1 Å². The molecule has 1 heterocycles. The number of nitrogens with zero attached hydrogens (tertiary/aromatic N) is 2. The minimum atomic E-state index is 0.366. The summed E-state index contributed by atoms with van der Waals surface area (Å²) >= 11 is 0. The molecule has 0 saturated heterocycles. The normalized spacial score (nSPS) is 10.4. The van der Waals surface area contributed by atoms with Gasteiger partial charge in [0, 0.05) is 11.8 Å². The smallest absolute Gasteiger partial charge is 0.322 e. The minimum absolute atomic E-state index is 0.366. The maximum Gasteiger partial charge on any atom is 0.322 e. The molecule has 2 aromatic carbocycles. The van der Waals surface area contributed by atoms with Crippen molar-refractivity contribution >= 4 is 0 Å².